The van der Waals surface area contributed by atoms with Crippen molar-refractivity contribution in [2.75, 3.05) is 18.4 Å². The van der Waals surface area contributed by atoms with Crippen molar-refractivity contribution >= 4 is 47.0 Å². The van der Waals surface area contributed by atoms with Crippen molar-refractivity contribution in [2.45, 2.75) is 70.5 Å². The lowest BCUT2D eigenvalue weighted by Crippen LogP contribution is -2.58. The fourth-order valence-corrected chi connectivity index (χ4v) is 4.57. The Morgan fingerprint density at radius 2 is 1.58 bits per heavy atom. The number of hydrogen-bond acceptors (Lipinski definition) is 9. The van der Waals surface area contributed by atoms with E-state index >= 15 is 0 Å². The maximum Gasteiger partial charge on any atom is 0.300 e. The maximum atomic E-state index is 13.5. The maximum absolute atomic E-state index is 13.5. The zero-order chi connectivity index (χ0) is 36.2. The molecular weight excluding hydrogens is 628 g/mol. The van der Waals surface area contributed by atoms with Crippen molar-refractivity contribution in [1.82, 2.24) is 10.2 Å². The second-order valence-electron chi connectivity index (χ2n) is 10.7. The van der Waals surface area contributed by atoms with Crippen LogP contribution in [0.3, 0.4) is 0 Å². The molecule has 1 fully saturated rings. The van der Waals surface area contributed by atoms with E-state index in [9.17, 15) is 24.5 Å². The van der Waals surface area contributed by atoms with Gasteiger partial charge in [-0.25, -0.2) is 0 Å². The van der Waals surface area contributed by atoms with Gasteiger partial charge in [-0.15, -0.1) is 0 Å². The monoisotopic (exact) mass is 672 g/mol. The summed E-state index contributed by atoms with van der Waals surface area (Å²) in [6, 6.07) is 12.2. The molecule has 1 heterocycles. The van der Waals surface area contributed by atoms with Gasteiger partial charge in [0.2, 0.25) is 17.7 Å². The van der Waals surface area contributed by atoms with Gasteiger partial charge in [0.15, 0.2) is 5.96 Å². The Labute approximate surface area is 277 Å². The molecule has 17 nitrogen and oxygen atoms in total. The number of nitro groups is 1. The van der Waals surface area contributed by atoms with Gasteiger partial charge in [-0.1, -0.05) is 30.3 Å². The Balaban J connectivity index is 0.00000129. The van der Waals surface area contributed by atoms with Crippen molar-refractivity contribution < 1.29 is 39.1 Å². The molecule has 0 spiro atoms. The number of likely N-dealkylation sites (tertiary alicyclic amines) is 1. The molecule has 0 saturated carbocycles. The van der Waals surface area contributed by atoms with Crippen LogP contribution in [0, 0.1) is 10.1 Å². The quantitative estimate of drug-likeness (QED) is 0.0550. The van der Waals surface area contributed by atoms with Gasteiger partial charge in [-0.2, -0.15) is 0 Å². The number of nitrogens with one attached hydrogen (secondary N) is 2. The number of carboxylic acids is 2. The number of rotatable bonds is 12. The van der Waals surface area contributed by atoms with Crippen LogP contribution in [0.4, 0.5) is 11.4 Å². The van der Waals surface area contributed by atoms with Crippen LogP contribution in [0.15, 0.2) is 59.6 Å². The summed E-state index contributed by atoms with van der Waals surface area (Å²) >= 11 is 0. The number of carboxylic acid groups (broad SMARTS) is 2. The smallest absolute Gasteiger partial charge is 0.300 e. The molecule has 3 atom stereocenters. The third kappa shape index (κ3) is 16.1. The molecule has 10 N–H and O–H groups in total. The first-order chi connectivity index (χ1) is 22.6. The molecule has 3 amide bonds. The molecule has 0 radical (unpaired) electrons. The Morgan fingerprint density at radius 3 is 2.12 bits per heavy atom. The van der Waals surface area contributed by atoms with E-state index in [0.717, 1.165) is 32.3 Å². The third-order valence-electron chi connectivity index (χ3n) is 6.63. The number of nitro benzene ring substituents is 1. The fourth-order valence-electron chi connectivity index (χ4n) is 4.57. The van der Waals surface area contributed by atoms with Crippen LogP contribution in [0.2, 0.25) is 0 Å². The summed E-state index contributed by atoms with van der Waals surface area (Å²) < 4.78 is 0. The first-order valence-electron chi connectivity index (χ1n) is 15.0. The Bertz CT molecular complexity index is 1380. The predicted molar refractivity (Wildman–Crippen MR) is 178 cm³/mol. The second kappa shape index (κ2) is 21.3. The SMILES string of the molecule is CC(=O)O.CC(=O)O.NC(N)=NCCC[C@H](NC(=O)[C@@H]1CCCCN1C(=O)[C@H](N)Cc1ccccc1)C(=O)Nc1ccc([N+](=O)[O-])cc1. The van der Waals surface area contributed by atoms with Gasteiger partial charge < -0.3 is 42.9 Å². The predicted octanol–water partition coefficient (Wildman–Crippen LogP) is 1.20. The second-order valence-corrected chi connectivity index (χ2v) is 10.7. The van der Waals surface area contributed by atoms with E-state index in [4.69, 9.17) is 37.0 Å². The highest BCUT2D eigenvalue weighted by Gasteiger charge is 2.36. The molecule has 2 aromatic rings. The van der Waals surface area contributed by atoms with Crippen LogP contribution in [0.1, 0.15) is 51.5 Å². The van der Waals surface area contributed by atoms with Gasteiger partial charge in [0.25, 0.3) is 17.6 Å². The molecule has 1 aliphatic rings. The summed E-state index contributed by atoms with van der Waals surface area (Å²) in [6.07, 6.45) is 2.90. The fraction of sp³-hybridized carbons (Fsp3) is 0.419. The lowest BCUT2D eigenvalue weighted by atomic mass is 9.98. The number of hydrogen-bond donors (Lipinski definition) is 7. The lowest BCUT2D eigenvalue weighted by Gasteiger charge is -2.37. The van der Waals surface area contributed by atoms with Crippen molar-refractivity contribution in [1.29, 1.82) is 0 Å². The molecule has 0 bridgehead atoms. The van der Waals surface area contributed by atoms with Crippen LogP contribution in [0.5, 0.6) is 0 Å². The molecule has 3 rings (SSSR count). The third-order valence-corrected chi connectivity index (χ3v) is 6.63. The highest BCUT2D eigenvalue weighted by atomic mass is 16.6. The van der Waals surface area contributed by atoms with Crippen molar-refractivity contribution in [3.63, 3.8) is 0 Å². The average Bonchev–Trinajstić information content (AvgIpc) is 3.02. The summed E-state index contributed by atoms with van der Waals surface area (Å²) in [4.78, 5) is 73.7. The summed E-state index contributed by atoms with van der Waals surface area (Å²) in [7, 11) is 0. The number of nitrogens with zero attached hydrogens (tertiary/aromatic N) is 3. The average molecular weight is 673 g/mol. The Hall–Kier alpha value is -5.58. The first kappa shape index (κ1) is 40.4. The van der Waals surface area contributed by atoms with Crippen LogP contribution in [-0.4, -0.2) is 86.9 Å². The zero-order valence-corrected chi connectivity index (χ0v) is 26.9. The van der Waals surface area contributed by atoms with Gasteiger partial charge >= 0.3 is 0 Å². The number of piperidine rings is 1. The molecule has 0 unspecified atom stereocenters. The number of carbonyl (C=O) groups excluding carboxylic acids is 3. The number of non-ortho nitro benzene ring substituents is 1. The zero-order valence-electron chi connectivity index (χ0n) is 26.9. The lowest BCUT2D eigenvalue weighted by molar-refractivity contribution is -0.384. The molecule has 0 aliphatic carbocycles. The molecule has 2 aromatic carbocycles. The van der Waals surface area contributed by atoms with E-state index in [1.54, 1.807) is 0 Å². The molecule has 0 aromatic heterocycles. The summed E-state index contributed by atoms with van der Waals surface area (Å²) in [5.41, 5.74) is 18.2. The minimum atomic E-state index is -0.964. The van der Waals surface area contributed by atoms with Gasteiger partial charge in [-0.3, -0.25) is 39.1 Å². The highest BCUT2D eigenvalue weighted by Crippen LogP contribution is 2.20. The number of nitrogens with two attached hydrogens (primary N) is 3. The van der Waals surface area contributed by atoms with Crippen LogP contribution >= 0.6 is 0 Å². The number of aliphatic carboxylic acids is 2. The van der Waals surface area contributed by atoms with Crippen LogP contribution in [-0.2, 0) is 30.4 Å². The van der Waals surface area contributed by atoms with Crippen molar-refractivity contribution in [2.24, 2.45) is 22.2 Å². The molecule has 17 heteroatoms. The number of guanidine groups is 1. The Morgan fingerprint density at radius 1 is 1.00 bits per heavy atom. The molecule has 48 heavy (non-hydrogen) atoms. The molecule has 1 saturated heterocycles. The van der Waals surface area contributed by atoms with Gasteiger partial charge in [0.05, 0.1) is 11.0 Å². The minimum Gasteiger partial charge on any atom is -0.481 e. The molecular formula is C31H44N8O9. The Kier molecular flexibility index (Phi) is 17.9. The van der Waals surface area contributed by atoms with E-state index in [1.165, 1.54) is 29.2 Å². The summed E-state index contributed by atoms with van der Waals surface area (Å²) in [5, 5.41) is 31.2. The van der Waals surface area contributed by atoms with Gasteiger partial charge in [0, 0.05) is 44.8 Å². The molecule has 1 aliphatic heterocycles. The number of carbonyl (C=O) groups is 5. The number of aliphatic imine (C=N–C) groups is 1. The van der Waals surface area contributed by atoms with E-state index in [0.29, 0.717) is 31.5 Å². The largest absolute Gasteiger partial charge is 0.481 e. The minimum absolute atomic E-state index is 0.0841. The first-order valence-corrected chi connectivity index (χ1v) is 15.0. The standard InChI is InChI=1S/C27H36N8O5.2C2H4O2/c28-21(17-18-7-2-1-3-8-18)26(38)34-16-5-4-10-23(34)25(37)33-22(9-6-15-31-27(29)30)24(36)32-19-11-13-20(14-12-19)35(39)40;2*1-2(3)4/h1-3,7-8,11-14,21-23H,4-6,9-10,15-17,28H2,(H,32,36)(H,33,37)(H4,29,30,31);2*1H3,(H,3,4)/t21-,22+,23+;;/m1../s1. The number of benzene rings is 2. The van der Waals surface area contributed by atoms with Gasteiger partial charge in [0.1, 0.15) is 12.1 Å². The van der Waals surface area contributed by atoms with E-state index < -0.39 is 46.8 Å². The van der Waals surface area contributed by atoms with E-state index in [-0.39, 0.29) is 30.5 Å². The number of amides is 3. The summed E-state index contributed by atoms with van der Waals surface area (Å²) in [5.74, 6) is -3.03. The van der Waals surface area contributed by atoms with E-state index in [1.807, 2.05) is 30.3 Å². The topological polar surface area (TPSA) is 287 Å². The van der Waals surface area contributed by atoms with Crippen molar-refractivity contribution in [3.8, 4) is 0 Å². The normalized spacial score (nSPS) is 14.6. The van der Waals surface area contributed by atoms with E-state index in [2.05, 4.69) is 15.6 Å². The van der Waals surface area contributed by atoms with Crippen molar-refractivity contribution in [3.05, 3.63) is 70.3 Å². The van der Waals surface area contributed by atoms with Crippen LogP contribution < -0.4 is 27.8 Å². The van der Waals surface area contributed by atoms with Crippen LogP contribution in [0.25, 0.3) is 0 Å². The molecule has 262 valence electrons. The highest BCUT2D eigenvalue weighted by molar-refractivity contribution is 5.98. The van der Waals surface area contributed by atoms with Gasteiger partial charge in [-0.05, 0) is 56.2 Å². The summed E-state index contributed by atoms with van der Waals surface area (Å²) in [6.45, 7) is 2.81. The number of anilines is 1.